The predicted octanol–water partition coefficient (Wildman–Crippen LogP) is 3.96. The molecule has 0 radical (unpaired) electrons. The maximum Gasteiger partial charge on any atom is 4.00 e. The molecule has 4 aromatic carbocycles. The molecule has 0 bridgehead atoms. The molecule has 0 unspecified atom stereocenters. The summed E-state index contributed by atoms with van der Waals surface area (Å²) in [7, 11) is 0.0370. The summed E-state index contributed by atoms with van der Waals surface area (Å²) in [5.41, 5.74) is 0. The molecule has 0 aromatic heterocycles. The first-order chi connectivity index (χ1) is 17.1. The van der Waals surface area contributed by atoms with E-state index in [-0.39, 0.29) is 66.9 Å². The molecule has 0 aliphatic carbocycles. The molecule has 4 rings (SSSR count). The van der Waals surface area contributed by atoms with Crippen molar-refractivity contribution < 1.29 is 51.0 Å². The monoisotopic (exact) mass is 678 g/mol. The average molecular weight is 681 g/mol. The van der Waals surface area contributed by atoms with Crippen LogP contribution in [0, 0.1) is 23.7 Å². The Kier molecular flexibility index (Phi) is 19.2. The molecule has 0 N–H and O–H groups in total. The molecule has 0 aliphatic heterocycles. The number of fused-ring (bicyclic) bond motifs is 2. The Bertz CT molecular complexity index is 1010. The first-order valence-corrected chi connectivity index (χ1v) is 17.4. The third-order valence-electron chi connectivity index (χ3n) is 6.28. The van der Waals surface area contributed by atoms with E-state index in [0.29, 0.717) is 0 Å². The number of hydrogen-bond acceptors (Lipinski definition) is 0. The molecule has 0 spiro atoms. The quantitative estimate of drug-likeness (QED) is 0.176. The summed E-state index contributed by atoms with van der Waals surface area (Å²) < 4.78 is 0. The van der Waals surface area contributed by atoms with Crippen LogP contribution >= 0.6 is 15.8 Å². The van der Waals surface area contributed by atoms with Crippen molar-refractivity contribution in [2.45, 2.75) is 55.4 Å². The minimum atomic E-state index is 0. The largest absolute Gasteiger partial charge is 4.00 e. The van der Waals surface area contributed by atoms with Crippen LogP contribution in [-0.4, -0.2) is 24.6 Å². The van der Waals surface area contributed by atoms with Gasteiger partial charge in [-0.1, -0.05) is 83.4 Å². The first-order valence-electron chi connectivity index (χ1n) is 13.9. The Labute approximate surface area is 273 Å². The average Bonchev–Trinajstić information content (AvgIpc) is 3.42. The summed E-state index contributed by atoms with van der Waals surface area (Å²) in [6.45, 7) is 18.8. The van der Waals surface area contributed by atoms with Crippen LogP contribution in [0.4, 0.5) is 0 Å². The van der Waals surface area contributed by atoms with Gasteiger partial charge in [-0.15, -0.1) is 80.7 Å². The zero-order chi connectivity index (χ0) is 26.2. The van der Waals surface area contributed by atoms with Gasteiger partial charge in [-0.05, 0) is 48.3 Å². The van der Waals surface area contributed by atoms with E-state index in [4.69, 9.17) is 0 Å². The van der Waals surface area contributed by atoms with Gasteiger partial charge in [0.25, 0.3) is 0 Å². The maximum atomic E-state index is 2.42. The minimum absolute atomic E-state index is 0. The third kappa shape index (κ3) is 12.8. The summed E-state index contributed by atoms with van der Waals surface area (Å²) >= 11 is 0. The molecular formula is C34H48Cl2P2Zr. The van der Waals surface area contributed by atoms with Crippen LogP contribution in [0.2, 0.25) is 0 Å². The molecule has 4 aromatic rings. The van der Waals surface area contributed by atoms with E-state index in [1.54, 1.807) is 10.6 Å². The number of hydrogen-bond donors (Lipinski definition) is 0. The van der Waals surface area contributed by atoms with Crippen molar-refractivity contribution in [3.63, 3.8) is 0 Å². The van der Waals surface area contributed by atoms with E-state index in [1.165, 1.54) is 46.2 Å². The molecule has 0 amide bonds. The fraction of sp³-hybridized carbons (Fsp3) is 0.471. The van der Waals surface area contributed by atoms with Crippen molar-refractivity contribution in [2.75, 3.05) is 24.6 Å². The van der Waals surface area contributed by atoms with Crippen LogP contribution in [-0.2, 0) is 26.2 Å². The van der Waals surface area contributed by atoms with E-state index < -0.39 is 0 Å². The van der Waals surface area contributed by atoms with Gasteiger partial charge >= 0.3 is 26.2 Å². The summed E-state index contributed by atoms with van der Waals surface area (Å²) in [4.78, 5) is 0. The summed E-state index contributed by atoms with van der Waals surface area (Å²) in [5.74, 6) is 3.20. The zero-order valence-corrected chi connectivity index (χ0v) is 31.0. The normalized spacial score (nSPS) is 11.2. The van der Waals surface area contributed by atoms with Crippen LogP contribution < -0.4 is 35.4 Å². The van der Waals surface area contributed by atoms with Crippen molar-refractivity contribution in [3.05, 3.63) is 72.8 Å². The van der Waals surface area contributed by atoms with E-state index in [9.17, 15) is 0 Å². The Balaban J connectivity index is 0.000000688. The summed E-state index contributed by atoms with van der Waals surface area (Å²) in [6, 6.07) is 27.2. The van der Waals surface area contributed by atoms with E-state index in [0.717, 1.165) is 23.7 Å². The van der Waals surface area contributed by atoms with Crippen molar-refractivity contribution >= 4 is 48.0 Å². The Morgan fingerprint density at radius 3 is 1.05 bits per heavy atom. The Morgan fingerprint density at radius 1 is 0.513 bits per heavy atom. The second-order valence-electron chi connectivity index (χ2n) is 12.1. The maximum absolute atomic E-state index is 2.42. The summed E-state index contributed by atoms with van der Waals surface area (Å²) in [5, 5.41) is 8.85. The summed E-state index contributed by atoms with van der Waals surface area (Å²) in [6.07, 6.45) is 5.46. The zero-order valence-electron chi connectivity index (χ0n) is 25.2. The van der Waals surface area contributed by atoms with E-state index in [2.05, 4.69) is 128 Å². The van der Waals surface area contributed by atoms with E-state index in [1.807, 2.05) is 0 Å². The molecular weight excluding hydrogens is 632 g/mol. The van der Waals surface area contributed by atoms with Gasteiger partial charge in [-0.25, -0.2) is 0 Å². The molecule has 0 heterocycles. The Morgan fingerprint density at radius 2 is 0.795 bits per heavy atom. The van der Waals surface area contributed by atoms with Gasteiger partial charge in [0, 0.05) is 0 Å². The van der Waals surface area contributed by atoms with E-state index >= 15 is 0 Å². The molecule has 0 fully saturated rings. The first kappa shape index (κ1) is 39.0. The van der Waals surface area contributed by atoms with Gasteiger partial charge in [-0.3, -0.25) is 0 Å². The SMILES string of the molecule is CC(C)CP(CC(C)C)c1cc2ccccc2[cH-]1.CC(C)CP(CC(C)C)c1cc2ccccc2[cH-]1.[Cl-].[Cl-].[Zr+4]. The molecule has 0 saturated heterocycles. The van der Waals surface area contributed by atoms with Gasteiger partial charge in [0.1, 0.15) is 0 Å². The molecule has 212 valence electrons. The van der Waals surface area contributed by atoms with Gasteiger partial charge in [0.2, 0.25) is 0 Å². The number of benzene rings is 2. The number of halogens is 2. The van der Waals surface area contributed by atoms with Crippen LogP contribution in [0.1, 0.15) is 55.4 Å². The van der Waals surface area contributed by atoms with Crippen molar-refractivity contribution in [3.8, 4) is 0 Å². The fourth-order valence-corrected chi connectivity index (χ4v) is 10.9. The molecule has 0 atom stereocenters. The van der Waals surface area contributed by atoms with Gasteiger partial charge < -0.3 is 24.8 Å². The second-order valence-corrected chi connectivity index (χ2v) is 16.7. The second kappa shape index (κ2) is 19.2. The van der Waals surface area contributed by atoms with Gasteiger partial charge in [0.05, 0.1) is 0 Å². The van der Waals surface area contributed by atoms with Crippen LogP contribution in [0.3, 0.4) is 0 Å². The molecule has 0 aliphatic rings. The van der Waals surface area contributed by atoms with Crippen LogP contribution in [0.15, 0.2) is 72.8 Å². The molecule has 39 heavy (non-hydrogen) atoms. The van der Waals surface area contributed by atoms with Gasteiger partial charge in [0.15, 0.2) is 0 Å². The van der Waals surface area contributed by atoms with Crippen molar-refractivity contribution in [1.29, 1.82) is 0 Å². The molecule has 5 heteroatoms. The number of rotatable bonds is 10. The minimum Gasteiger partial charge on any atom is -1.00 e. The fourth-order valence-electron chi connectivity index (χ4n) is 4.97. The van der Waals surface area contributed by atoms with Crippen molar-refractivity contribution in [2.24, 2.45) is 23.7 Å². The smallest absolute Gasteiger partial charge is 1.00 e. The topological polar surface area (TPSA) is 0 Å². The van der Waals surface area contributed by atoms with Crippen molar-refractivity contribution in [1.82, 2.24) is 0 Å². The van der Waals surface area contributed by atoms with Crippen LogP contribution in [0.25, 0.3) is 21.5 Å². The molecule has 0 nitrogen and oxygen atoms in total. The Hall–Kier alpha value is -0.0169. The van der Waals surface area contributed by atoms with Gasteiger partial charge in [-0.2, -0.15) is 12.1 Å². The third-order valence-corrected chi connectivity index (χ3v) is 12.9. The molecule has 0 saturated carbocycles. The standard InChI is InChI=1S/2C17H24P.2ClH.Zr/c2*1-13(2)11-18(12-14(3)4)17-9-15-7-5-6-8-16(15)10-17;;;/h2*5-10,13-14H,11-12H2,1-4H3;2*1H;/q2*-1;;;+4/p-2. The van der Waals surface area contributed by atoms with Crippen LogP contribution in [0.5, 0.6) is 0 Å². The predicted molar refractivity (Wildman–Crippen MR) is 171 cm³/mol.